The Labute approximate surface area is 206 Å². The molecule has 3 atom stereocenters. The normalized spacial score (nSPS) is 22.6. The summed E-state index contributed by atoms with van der Waals surface area (Å²) in [6, 6.07) is 9.01. The van der Waals surface area contributed by atoms with E-state index in [4.69, 9.17) is 14.6 Å². The molecule has 192 valence electrons. The summed E-state index contributed by atoms with van der Waals surface area (Å²) in [5.74, 6) is -3.12. The van der Waals surface area contributed by atoms with E-state index in [1.54, 1.807) is 57.2 Å². The van der Waals surface area contributed by atoms with Gasteiger partial charge in [-0.15, -0.1) is 0 Å². The zero-order chi connectivity index (χ0) is 25.8. The number of hydrogen-bond acceptors (Lipinski definition) is 7. The van der Waals surface area contributed by atoms with Gasteiger partial charge in [0, 0.05) is 13.0 Å². The molecule has 2 rings (SSSR count). The topological polar surface area (TPSA) is 131 Å². The van der Waals surface area contributed by atoms with Crippen molar-refractivity contribution in [2.75, 3.05) is 19.7 Å². The second-order valence-electron chi connectivity index (χ2n) is 9.49. The Hall–Kier alpha value is -3.20. The lowest BCUT2D eigenvalue weighted by molar-refractivity contribution is -0.164. The van der Waals surface area contributed by atoms with Gasteiger partial charge in [-0.3, -0.25) is 19.2 Å². The molecular formula is C26H36N2O7. The van der Waals surface area contributed by atoms with Crippen molar-refractivity contribution in [1.82, 2.24) is 10.6 Å². The van der Waals surface area contributed by atoms with Crippen LogP contribution in [0.2, 0.25) is 0 Å². The molecule has 0 spiro atoms. The molecule has 2 amide bonds. The van der Waals surface area contributed by atoms with Crippen molar-refractivity contribution >= 4 is 23.8 Å². The van der Waals surface area contributed by atoms with E-state index in [0.29, 0.717) is 5.56 Å². The van der Waals surface area contributed by atoms with Crippen LogP contribution in [0.25, 0.3) is 0 Å². The van der Waals surface area contributed by atoms with Gasteiger partial charge >= 0.3 is 11.9 Å². The lowest BCUT2D eigenvalue weighted by Crippen LogP contribution is -2.38. The Morgan fingerprint density at radius 1 is 1.09 bits per heavy atom. The maximum Gasteiger partial charge on any atom is 0.310 e. The molecule has 9 nitrogen and oxygen atoms in total. The standard InChI is InChI=1S/C26H36N2O7/c1-26(2,3)35-23(31)16-20-12-8-7-11-19(15-22(30)27-13-14-29)24(32)28-17-21(34-25(20)33)18-9-5-4-6-10-18/h4-10,19-21,29H,11-17H2,1-3H3,(H,27,30)(H,28,32)/b8-7-/t19-,20-,21+/m0/s1. The number of rotatable bonds is 7. The number of hydrogen-bond donors (Lipinski definition) is 3. The van der Waals surface area contributed by atoms with Gasteiger partial charge in [-0.25, -0.2) is 0 Å². The molecule has 1 aromatic rings. The summed E-state index contributed by atoms with van der Waals surface area (Å²) in [5, 5.41) is 14.3. The van der Waals surface area contributed by atoms with Crippen molar-refractivity contribution in [3.05, 3.63) is 48.0 Å². The van der Waals surface area contributed by atoms with Gasteiger partial charge in [-0.05, 0) is 39.2 Å². The second kappa shape index (κ2) is 13.6. The molecule has 1 aliphatic rings. The fraction of sp³-hybridized carbons (Fsp3) is 0.538. The Bertz CT molecular complexity index is 893. The minimum atomic E-state index is -0.763. The summed E-state index contributed by atoms with van der Waals surface area (Å²) >= 11 is 0. The minimum absolute atomic E-state index is 0.0201. The van der Waals surface area contributed by atoms with E-state index in [1.807, 2.05) is 6.07 Å². The SMILES string of the molecule is CC(C)(C)OC(=O)C[C@@H]1C/C=C\C[C@@H](CC(=O)NCCO)C(=O)NC[C@H](c2ccccc2)OC1=O. The van der Waals surface area contributed by atoms with Crippen LogP contribution in [0.1, 0.15) is 58.1 Å². The summed E-state index contributed by atoms with van der Waals surface area (Å²) in [6.07, 6.45) is 3.01. The number of aliphatic hydroxyl groups excluding tert-OH is 1. The van der Waals surface area contributed by atoms with E-state index in [9.17, 15) is 19.2 Å². The molecule has 1 heterocycles. The van der Waals surface area contributed by atoms with Crippen LogP contribution in [0.3, 0.4) is 0 Å². The van der Waals surface area contributed by atoms with E-state index >= 15 is 0 Å². The Kier molecular flexibility index (Phi) is 10.9. The van der Waals surface area contributed by atoms with Gasteiger partial charge in [-0.1, -0.05) is 42.5 Å². The van der Waals surface area contributed by atoms with Crippen LogP contribution < -0.4 is 10.6 Å². The van der Waals surface area contributed by atoms with Gasteiger partial charge in [0.25, 0.3) is 0 Å². The van der Waals surface area contributed by atoms with Gasteiger partial charge < -0.3 is 25.2 Å². The maximum absolute atomic E-state index is 13.1. The first-order valence-electron chi connectivity index (χ1n) is 11.9. The summed E-state index contributed by atoms with van der Waals surface area (Å²) in [5.41, 5.74) is 0.0186. The molecule has 0 radical (unpaired) electrons. The zero-order valence-electron chi connectivity index (χ0n) is 20.6. The Balaban J connectivity index is 2.25. The fourth-order valence-electron chi connectivity index (χ4n) is 3.61. The number of carbonyl (C=O) groups is 4. The van der Waals surface area contributed by atoms with Crippen molar-refractivity contribution < 1.29 is 33.8 Å². The second-order valence-corrected chi connectivity index (χ2v) is 9.49. The van der Waals surface area contributed by atoms with Crippen LogP contribution in [0.5, 0.6) is 0 Å². The van der Waals surface area contributed by atoms with E-state index in [2.05, 4.69) is 10.6 Å². The first-order chi connectivity index (χ1) is 16.6. The van der Waals surface area contributed by atoms with Crippen molar-refractivity contribution in [1.29, 1.82) is 0 Å². The molecule has 0 aliphatic carbocycles. The summed E-state index contributed by atoms with van der Waals surface area (Å²) in [4.78, 5) is 50.5. The molecule has 0 unspecified atom stereocenters. The van der Waals surface area contributed by atoms with Gasteiger partial charge in [0.1, 0.15) is 11.7 Å². The minimum Gasteiger partial charge on any atom is -0.460 e. The molecule has 9 heteroatoms. The number of nitrogens with one attached hydrogen (secondary N) is 2. The highest BCUT2D eigenvalue weighted by Gasteiger charge is 2.30. The summed E-state index contributed by atoms with van der Waals surface area (Å²) < 4.78 is 11.2. The first-order valence-corrected chi connectivity index (χ1v) is 11.9. The average molecular weight is 489 g/mol. The quantitative estimate of drug-likeness (QED) is 0.396. The molecule has 1 aromatic carbocycles. The lowest BCUT2D eigenvalue weighted by Gasteiger charge is -2.25. The van der Waals surface area contributed by atoms with E-state index in [-0.39, 0.29) is 57.2 Å². The molecule has 1 aliphatic heterocycles. The van der Waals surface area contributed by atoms with Crippen LogP contribution in [0.15, 0.2) is 42.5 Å². The van der Waals surface area contributed by atoms with Gasteiger partial charge in [0.05, 0.1) is 31.4 Å². The number of ether oxygens (including phenoxy) is 2. The van der Waals surface area contributed by atoms with Crippen LogP contribution in [-0.2, 0) is 28.7 Å². The highest BCUT2D eigenvalue weighted by atomic mass is 16.6. The largest absolute Gasteiger partial charge is 0.460 e. The fourth-order valence-corrected chi connectivity index (χ4v) is 3.61. The first kappa shape index (κ1) is 28.0. The highest BCUT2D eigenvalue weighted by Crippen LogP contribution is 2.24. The number of cyclic esters (lactones) is 1. The molecular weight excluding hydrogens is 452 g/mol. The molecule has 0 aromatic heterocycles. The number of esters is 2. The van der Waals surface area contributed by atoms with Gasteiger partial charge in [0.2, 0.25) is 11.8 Å². The van der Waals surface area contributed by atoms with Gasteiger partial charge in [-0.2, -0.15) is 0 Å². The van der Waals surface area contributed by atoms with Crippen molar-refractivity contribution in [2.24, 2.45) is 11.8 Å². The van der Waals surface area contributed by atoms with E-state index in [1.165, 1.54) is 0 Å². The smallest absolute Gasteiger partial charge is 0.310 e. The number of allylic oxidation sites excluding steroid dienone is 2. The number of benzene rings is 1. The van der Waals surface area contributed by atoms with Crippen LogP contribution in [0, 0.1) is 11.8 Å². The molecule has 3 N–H and O–H groups in total. The van der Waals surface area contributed by atoms with E-state index in [0.717, 1.165) is 0 Å². The Morgan fingerprint density at radius 3 is 2.37 bits per heavy atom. The van der Waals surface area contributed by atoms with E-state index < -0.39 is 35.5 Å². The van der Waals surface area contributed by atoms with Crippen LogP contribution >= 0.6 is 0 Å². The van der Waals surface area contributed by atoms with Crippen molar-refractivity contribution in [3.8, 4) is 0 Å². The summed E-state index contributed by atoms with van der Waals surface area (Å²) in [7, 11) is 0. The van der Waals surface area contributed by atoms with Crippen LogP contribution in [0.4, 0.5) is 0 Å². The van der Waals surface area contributed by atoms with Crippen molar-refractivity contribution in [2.45, 2.75) is 58.2 Å². The number of carbonyl (C=O) groups excluding carboxylic acids is 4. The maximum atomic E-state index is 13.1. The third kappa shape index (κ3) is 10.3. The lowest BCUT2D eigenvalue weighted by atomic mass is 9.96. The molecule has 35 heavy (non-hydrogen) atoms. The molecule has 0 saturated carbocycles. The molecule has 0 fully saturated rings. The molecule has 0 saturated heterocycles. The number of amides is 2. The van der Waals surface area contributed by atoms with Crippen LogP contribution in [-0.4, -0.2) is 54.2 Å². The predicted molar refractivity (Wildman–Crippen MR) is 129 cm³/mol. The monoisotopic (exact) mass is 488 g/mol. The summed E-state index contributed by atoms with van der Waals surface area (Å²) in [6.45, 7) is 5.22. The van der Waals surface area contributed by atoms with Crippen molar-refractivity contribution in [3.63, 3.8) is 0 Å². The predicted octanol–water partition coefficient (Wildman–Crippen LogP) is 2.20. The Morgan fingerprint density at radius 2 is 1.74 bits per heavy atom. The third-order valence-corrected chi connectivity index (χ3v) is 5.30. The molecule has 0 bridgehead atoms. The van der Waals surface area contributed by atoms with Gasteiger partial charge in [0.15, 0.2) is 0 Å². The average Bonchev–Trinajstić information content (AvgIpc) is 2.79. The zero-order valence-corrected chi connectivity index (χ0v) is 20.6. The number of aliphatic hydroxyl groups is 1. The third-order valence-electron chi connectivity index (χ3n) is 5.30. The highest BCUT2D eigenvalue weighted by molar-refractivity contribution is 5.86.